The summed E-state index contributed by atoms with van der Waals surface area (Å²) in [6.45, 7) is 4.01. The van der Waals surface area contributed by atoms with Crippen LogP contribution < -0.4 is 11.1 Å². The Kier molecular flexibility index (Phi) is 3.47. The Morgan fingerprint density at radius 3 is 2.73 bits per heavy atom. The van der Waals surface area contributed by atoms with Gasteiger partial charge >= 0.3 is 0 Å². The molecule has 110 valence electrons. The van der Waals surface area contributed by atoms with Gasteiger partial charge in [-0.3, -0.25) is 14.8 Å². The van der Waals surface area contributed by atoms with Crippen LogP contribution in [0.1, 0.15) is 21.5 Å². The molecule has 3 aromatic rings. The topological polar surface area (TPSA) is 80.9 Å². The molecule has 0 aliphatic rings. The van der Waals surface area contributed by atoms with E-state index in [0.717, 1.165) is 27.7 Å². The van der Waals surface area contributed by atoms with Crippen LogP contribution >= 0.6 is 0 Å². The highest BCUT2D eigenvalue weighted by molar-refractivity contribution is 6.08. The van der Waals surface area contributed by atoms with Crippen LogP contribution in [0.4, 0.5) is 11.4 Å². The number of carbonyl (C=O) groups excluding carboxylic acids is 1. The maximum absolute atomic E-state index is 11.8. The number of primary amides is 1. The lowest BCUT2D eigenvalue weighted by molar-refractivity contribution is 0.100. The molecule has 0 aliphatic heterocycles. The van der Waals surface area contributed by atoms with Crippen LogP contribution in [0.3, 0.4) is 0 Å². The lowest BCUT2D eigenvalue weighted by Gasteiger charge is -2.14. The SMILES string of the molecule is Cc1cc(C)c2ncc(C(N)=O)c(Nc3cccnc3)c2c1. The lowest BCUT2D eigenvalue weighted by Crippen LogP contribution is -2.14. The fourth-order valence-corrected chi connectivity index (χ4v) is 2.56. The summed E-state index contributed by atoms with van der Waals surface area (Å²) in [5.74, 6) is -0.514. The quantitative estimate of drug-likeness (QED) is 0.777. The summed E-state index contributed by atoms with van der Waals surface area (Å²) in [4.78, 5) is 20.2. The number of carbonyl (C=O) groups is 1. The predicted molar refractivity (Wildman–Crippen MR) is 87.3 cm³/mol. The minimum atomic E-state index is -0.514. The van der Waals surface area contributed by atoms with E-state index in [9.17, 15) is 4.79 Å². The van der Waals surface area contributed by atoms with Crippen molar-refractivity contribution >= 4 is 28.2 Å². The van der Waals surface area contributed by atoms with Gasteiger partial charge in [-0.15, -0.1) is 0 Å². The van der Waals surface area contributed by atoms with Gasteiger partial charge in [-0.2, -0.15) is 0 Å². The number of hydrogen-bond donors (Lipinski definition) is 2. The highest BCUT2D eigenvalue weighted by Gasteiger charge is 2.15. The third-order valence-corrected chi connectivity index (χ3v) is 3.50. The molecule has 0 saturated heterocycles. The van der Waals surface area contributed by atoms with Crippen molar-refractivity contribution in [3.8, 4) is 0 Å². The Hall–Kier alpha value is -2.95. The van der Waals surface area contributed by atoms with Crippen molar-refractivity contribution in [1.82, 2.24) is 9.97 Å². The van der Waals surface area contributed by atoms with Crippen LogP contribution in [-0.4, -0.2) is 15.9 Å². The molecule has 0 saturated carbocycles. The molecule has 0 atom stereocenters. The normalized spacial score (nSPS) is 10.6. The van der Waals surface area contributed by atoms with Crippen molar-refractivity contribution in [2.45, 2.75) is 13.8 Å². The van der Waals surface area contributed by atoms with Gasteiger partial charge in [0, 0.05) is 17.8 Å². The molecule has 2 aromatic heterocycles. The molecule has 1 aromatic carbocycles. The summed E-state index contributed by atoms with van der Waals surface area (Å²) < 4.78 is 0. The molecule has 0 radical (unpaired) electrons. The number of pyridine rings is 2. The molecular formula is C17H16N4O. The van der Waals surface area contributed by atoms with Crippen LogP contribution in [0.15, 0.2) is 42.9 Å². The number of nitrogens with one attached hydrogen (secondary N) is 1. The molecule has 0 fully saturated rings. The molecule has 3 rings (SSSR count). The highest BCUT2D eigenvalue weighted by Crippen LogP contribution is 2.31. The van der Waals surface area contributed by atoms with E-state index in [1.165, 1.54) is 6.20 Å². The lowest BCUT2D eigenvalue weighted by atomic mass is 10.0. The Balaban J connectivity index is 2.28. The molecular weight excluding hydrogens is 276 g/mol. The van der Waals surface area contributed by atoms with Gasteiger partial charge in [-0.25, -0.2) is 0 Å². The zero-order chi connectivity index (χ0) is 15.7. The number of nitrogens with zero attached hydrogens (tertiary/aromatic N) is 2. The summed E-state index contributed by atoms with van der Waals surface area (Å²) in [6.07, 6.45) is 4.91. The number of hydrogen-bond acceptors (Lipinski definition) is 4. The second-order valence-corrected chi connectivity index (χ2v) is 5.26. The van der Waals surface area contributed by atoms with Gasteiger partial charge in [0.05, 0.1) is 28.7 Å². The molecule has 22 heavy (non-hydrogen) atoms. The van der Waals surface area contributed by atoms with Crippen LogP contribution in [0.2, 0.25) is 0 Å². The fraction of sp³-hybridized carbons (Fsp3) is 0.118. The van der Waals surface area contributed by atoms with Crippen molar-refractivity contribution in [3.05, 3.63) is 59.5 Å². The van der Waals surface area contributed by atoms with E-state index in [1.807, 2.05) is 32.0 Å². The van der Waals surface area contributed by atoms with Crippen molar-refractivity contribution in [1.29, 1.82) is 0 Å². The Morgan fingerprint density at radius 2 is 2.05 bits per heavy atom. The van der Waals surface area contributed by atoms with Gasteiger partial charge in [0.25, 0.3) is 5.91 Å². The first-order valence-electron chi connectivity index (χ1n) is 6.93. The van der Waals surface area contributed by atoms with E-state index >= 15 is 0 Å². The zero-order valence-corrected chi connectivity index (χ0v) is 12.4. The third kappa shape index (κ3) is 2.48. The standard InChI is InChI=1S/C17H16N4O/c1-10-6-11(2)15-13(7-10)16(14(9-20-15)17(18)22)21-12-4-3-5-19-8-12/h3-9H,1-2H3,(H2,18,22)(H,20,21). The summed E-state index contributed by atoms with van der Waals surface area (Å²) in [7, 11) is 0. The largest absolute Gasteiger partial charge is 0.365 e. The Morgan fingerprint density at radius 1 is 1.23 bits per heavy atom. The maximum atomic E-state index is 11.8. The first-order chi connectivity index (χ1) is 10.6. The van der Waals surface area contributed by atoms with Crippen molar-refractivity contribution in [2.24, 2.45) is 5.73 Å². The van der Waals surface area contributed by atoms with E-state index in [-0.39, 0.29) is 0 Å². The smallest absolute Gasteiger partial charge is 0.252 e. The Labute approximate surface area is 128 Å². The molecule has 0 aliphatic carbocycles. The van der Waals surface area contributed by atoms with E-state index < -0.39 is 5.91 Å². The molecule has 0 spiro atoms. The number of aryl methyl sites for hydroxylation is 2. The molecule has 5 nitrogen and oxygen atoms in total. The number of anilines is 2. The predicted octanol–water partition coefficient (Wildman–Crippen LogP) is 3.09. The third-order valence-electron chi connectivity index (χ3n) is 3.50. The van der Waals surface area contributed by atoms with E-state index in [1.54, 1.807) is 12.4 Å². The van der Waals surface area contributed by atoms with Gasteiger partial charge < -0.3 is 11.1 Å². The van der Waals surface area contributed by atoms with Crippen molar-refractivity contribution in [3.63, 3.8) is 0 Å². The van der Waals surface area contributed by atoms with E-state index in [2.05, 4.69) is 21.4 Å². The van der Waals surface area contributed by atoms with Crippen LogP contribution in [-0.2, 0) is 0 Å². The van der Waals surface area contributed by atoms with Crippen molar-refractivity contribution < 1.29 is 4.79 Å². The number of amides is 1. The van der Waals surface area contributed by atoms with Crippen LogP contribution in [0.25, 0.3) is 10.9 Å². The zero-order valence-electron chi connectivity index (χ0n) is 12.4. The minimum Gasteiger partial charge on any atom is -0.365 e. The summed E-state index contributed by atoms with van der Waals surface area (Å²) >= 11 is 0. The fourth-order valence-electron chi connectivity index (χ4n) is 2.56. The highest BCUT2D eigenvalue weighted by atomic mass is 16.1. The van der Waals surface area contributed by atoms with Gasteiger partial charge in [-0.1, -0.05) is 11.6 Å². The number of benzene rings is 1. The molecule has 5 heteroatoms. The first-order valence-corrected chi connectivity index (χ1v) is 6.93. The monoisotopic (exact) mass is 292 g/mol. The van der Waals surface area contributed by atoms with Crippen molar-refractivity contribution in [2.75, 3.05) is 5.32 Å². The second kappa shape index (κ2) is 5.44. The summed E-state index contributed by atoms with van der Waals surface area (Å²) in [6, 6.07) is 7.77. The van der Waals surface area contributed by atoms with E-state index in [0.29, 0.717) is 11.3 Å². The number of fused-ring (bicyclic) bond motifs is 1. The number of nitrogens with two attached hydrogens (primary N) is 1. The first kappa shape index (κ1) is 14.0. The second-order valence-electron chi connectivity index (χ2n) is 5.26. The molecule has 0 bridgehead atoms. The molecule has 1 amide bonds. The average Bonchev–Trinajstić information content (AvgIpc) is 2.48. The van der Waals surface area contributed by atoms with Crippen LogP contribution in [0, 0.1) is 13.8 Å². The van der Waals surface area contributed by atoms with Gasteiger partial charge in [0.2, 0.25) is 0 Å². The van der Waals surface area contributed by atoms with Crippen LogP contribution in [0.5, 0.6) is 0 Å². The van der Waals surface area contributed by atoms with Gasteiger partial charge in [-0.05, 0) is 37.6 Å². The summed E-state index contributed by atoms with van der Waals surface area (Å²) in [5.41, 5.74) is 10.3. The summed E-state index contributed by atoms with van der Waals surface area (Å²) in [5, 5.41) is 4.12. The Bertz CT molecular complexity index is 859. The minimum absolute atomic E-state index is 0.362. The number of aromatic nitrogens is 2. The molecule has 0 unspecified atom stereocenters. The number of rotatable bonds is 3. The molecule has 2 heterocycles. The molecule has 3 N–H and O–H groups in total. The average molecular weight is 292 g/mol. The van der Waals surface area contributed by atoms with Gasteiger partial charge in [0.1, 0.15) is 0 Å². The maximum Gasteiger partial charge on any atom is 0.252 e. The van der Waals surface area contributed by atoms with Gasteiger partial charge in [0.15, 0.2) is 0 Å². The van der Waals surface area contributed by atoms with E-state index in [4.69, 9.17) is 5.73 Å².